The van der Waals surface area contributed by atoms with Crippen LogP contribution in [0.5, 0.6) is 0 Å². The zero-order chi connectivity index (χ0) is 26.5. The summed E-state index contributed by atoms with van der Waals surface area (Å²) in [5.74, 6) is -0.225. The molecule has 8 heteroatoms. The first kappa shape index (κ1) is 27.7. The molecule has 190 valence electrons. The van der Waals surface area contributed by atoms with Gasteiger partial charge in [-0.2, -0.15) is 10.2 Å². The summed E-state index contributed by atoms with van der Waals surface area (Å²) in [4.78, 5) is 15.5. The first-order chi connectivity index (χ1) is 17.1. The van der Waals surface area contributed by atoms with Crippen molar-refractivity contribution in [1.82, 2.24) is 5.32 Å². The van der Waals surface area contributed by atoms with Crippen LogP contribution in [-0.2, 0) is 5.41 Å². The highest BCUT2D eigenvalue weighted by atomic mass is 32.2. The van der Waals surface area contributed by atoms with E-state index in [2.05, 4.69) is 93.5 Å². The molecular formula is C28H35N5OS2. The largest absolute Gasteiger partial charge is 0.347 e. The highest BCUT2D eigenvalue weighted by Gasteiger charge is 2.19. The summed E-state index contributed by atoms with van der Waals surface area (Å²) < 4.78 is 0. The molecule has 2 aromatic carbocycles. The Kier molecular flexibility index (Phi) is 9.19. The normalized spacial score (nSPS) is 13.2. The van der Waals surface area contributed by atoms with Crippen LogP contribution in [0.1, 0.15) is 70.6 Å². The number of nitrogens with zero attached hydrogens (tertiary/aromatic N) is 2. The number of rotatable bonds is 10. The summed E-state index contributed by atoms with van der Waals surface area (Å²) in [5, 5.41) is 9.35. The fraction of sp³-hybridized carbons (Fsp3) is 0.393. The van der Waals surface area contributed by atoms with Crippen molar-refractivity contribution in [3.05, 3.63) is 75.0 Å². The van der Waals surface area contributed by atoms with E-state index in [-0.39, 0.29) is 23.1 Å². The van der Waals surface area contributed by atoms with E-state index in [1.165, 1.54) is 44.0 Å². The Balaban J connectivity index is 1.76. The zero-order valence-electron chi connectivity index (χ0n) is 21.8. The van der Waals surface area contributed by atoms with Gasteiger partial charge in [0, 0.05) is 15.0 Å². The number of hydrogen-bond donors (Lipinski definition) is 3. The minimum atomic E-state index is -0.863. The molecule has 0 aliphatic rings. The summed E-state index contributed by atoms with van der Waals surface area (Å²) >= 11 is 3.31. The van der Waals surface area contributed by atoms with Crippen LogP contribution in [0.15, 0.2) is 63.7 Å². The third-order valence-corrected chi connectivity index (χ3v) is 8.83. The Hall–Kier alpha value is -2.84. The van der Waals surface area contributed by atoms with Gasteiger partial charge in [0.05, 0.1) is 11.4 Å². The molecule has 0 aliphatic heterocycles. The van der Waals surface area contributed by atoms with Gasteiger partial charge >= 0.3 is 0 Å². The zero-order valence-corrected chi connectivity index (χ0v) is 23.4. The first-order valence-electron chi connectivity index (χ1n) is 12.1. The number of nitrogens with one attached hydrogen (secondary N) is 3. The van der Waals surface area contributed by atoms with Gasteiger partial charge in [0.15, 0.2) is 6.17 Å². The monoisotopic (exact) mass is 521 g/mol. The lowest BCUT2D eigenvalue weighted by Gasteiger charge is -2.20. The van der Waals surface area contributed by atoms with Crippen LogP contribution < -0.4 is 5.32 Å². The van der Waals surface area contributed by atoms with E-state index >= 15 is 0 Å². The van der Waals surface area contributed by atoms with Crippen molar-refractivity contribution in [2.24, 2.45) is 10.2 Å². The smallest absolute Gasteiger partial charge is 0.261 e. The van der Waals surface area contributed by atoms with Crippen molar-refractivity contribution in [1.29, 1.82) is 11.1 Å². The molecule has 0 saturated heterocycles. The Morgan fingerprint density at radius 3 is 2.17 bits per heavy atom. The van der Waals surface area contributed by atoms with Gasteiger partial charge in [0.1, 0.15) is 0 Å². The molecule has 3 rings (SSSR count). The van der Waals surface area contributed by atoms with E-state index in [1.54, 1.807) is 0 Å². The van der Waals surface area contributed by atoms with E-state index in [9.17, 15) is 4.79 Å². The lowest BCUT2D eigenvalue weighted by Crippen LogP contribution is -2.29. The molecule has 3 N–H and O–H groups in total. The number of aryl methyl sites for hydroxylation is 2. The third kappa shape index (κ3) is 6.68. The molecule has 1 amide bonds. The van der Waals surface area contributed by atoms with Gasteiger partial charge in [0.25, 0.3) is 5.91 Å². The number of benzene rings is 2. The van der Waals surface area contributed by atoms with Crippen LogP contribution in [0, 0.1) is 24.9 Å². The molecule has 1 unspecified atom stereocenters. The Morgan fingerprint density at radius 2 is 1.64 bits per heavy atom. The van der Waals surface area contributed by atoms with Crippen molar-refractivity contribution in [2.75, 3.05) is 6.54 Å². The maximum absolute atomic E-state index is 12.5. The maximum Gasteiger partial charge on any atom is 0.261 e. The van der Waals surface area contributed by atoms with E-state index in [0.29, 0.717) is 4.88 Å². The minimum Gasteiger partial charge on any atom is -0.347 e. The van der Waals surface area contributed by atoms with Gasteiger partial charge in [-0.3, -0.25) is 4.79 Å². The van der Waals surface area contributed by atoms with Crippen molar-refractivity contribution in [2.45, 2.75) is 69.7 Å². The Labute approximate surface area is 222 Å². The number of hydrogen-bond acceptors (Lipinski definition) is 7. The van der Waals surface area contributed by atoms with E-state index in [0.717, 1.165) is 11.3 Å². The summed E-state index contributed by atoms with van der Waals surface area (Å²) in [7, 11) is 0. The van der Waals surface area contributed by atoms with Crippen molar-refractivity contribution < 1.29 is 4.79 Å². The predicted molar refractivity (Wildman–Crippen MR) is 150 cm³/mol. The predicted octanol–water partition coefficient (Wildman–Crippen LogP) is 8.69. The number of carbonyl (C=O) groups excluding carboxylic acids is 1. The van der Waals surface area contributed by atoms with Gasteiger partial charge in [-0.1, -0.05) is 52.0 Å². The molecule has 0 saturated carbocycles. The van der Waals surface area contributed by atoms with Crippen LogP contribution in [0.25, 0.3) is 11.1 Å². The average molecular weight is 522 g/mol. The van der Waals surface area contributed by atoms with Crippen LogP contribution >= 0.6 is 23.1 Å². The van der Waals surface area contributed by atoms with Crippen molar-refractivity contribution in [3.63, 3.8) is 0 Å². The van der Waals surface area contributed by atoms with E-state index in [1.807, 2.05) is 23.9 Å². The molecule has 6 nitrogen and oxygen atoms in total. The number of thioether (sulfide) groups is 1. The molecule has 0 spiro atoms. The van der Waals surface area contributed by atoms with Crippen LogP contribution in [0.3, 0.4) is 0 Å². The average Bonchev–Trinajstić information content (AvgIpc) is 3.32. The topological polar surface area (TPSA) is 102 Å². The molecule has 1 aromatic heterocycles. The summed E-state index contributed by atoms with van der Waals surface area (Å²) in [6.07, 6.45) is 0.0796. The number of carbonyl (C=O) groups is 1. The highest BCUT2D eigenvalue weighted by molar-refractivity contribution is 7.99. The van der Waals surface area contributed by atoms with Gasteiger partial charge in [-0.25, -0.2) is 11.1 Å². The fourth-order valence-electron chi connectivity index (χ4n) is 4.13. The molecule has 3 aromatic rings. The second-order valence-corrected chi connectivity index (χ2v) is 12.3. The van der Waals surface area contributed by atoms with Crippen LogP contribution in [0.2, 0.25) is 0 Å². The maximum atomic E-state index is 12.5. The van der Waals surface area contributed by atoms with Crippen LogP contribution in [0.4, 0.5) is 0 Å². The van der Waals surface area contributed by atoms with Crippen molar-refractivity contribution in [3.8, 4) is 11.1 Å². The standard InChI is InChI=1S/C28H35N5OS2/c1-7-22(23-12-13-24(36-23)27(34)31-16-25(32-29)33-30)35-21-14-17(2)26(18(3)15-21)19-8-10-20(11-9-19)28(4,5)6/h8-15,22,25,29-30H,7,16H2,1-6H3,(H,31,34). The first-order valence-corrected chi connectivity index (χ1v) is 13.8. The Morgan fingerprint density at radius 1 is 1.03 bits per heavy atom. The van der Waals surface area contributed by atoms with Gasteiger partial charge < -0.3 is 5.32 Å². The van der Waals surface area contributed by atoms with Gasteiger partial charge in [-0.15, -0.1) is 23.1 Å². The molecule has 0 fully saturated rings. The third-order valence-electron chi connectivity index (χ3n) is 6.11. The number of thiophene rings is 1. The highest BCUT2D eigenvalue weighted by Crippen LogP contribution is 2.42. The molecule has 36 heavy (non-hydrogen) atoms. The second kappa shape index (κ2) is 11.9. The molecule has 0 radical (unpaired) electrons. The van der Waals surface area contributed by atoms with Gasteiger partial charge in [0.2, 0.25) is 0 Å². The molecule has 0 bridgehead atoms. The number of amides is 1. The Bertz CT molecular complexity index is 1200. The van der Waals surface area contributed by atoms with E-state index < -0.39 is 6.17 Å². The summed E-state index contributed by atoms with van der Waals surface area (Å²) in [5.41, 5.74) is 20.5. The SMILES string of the molecule is CCC(Sc1cc(C)c(-c2ccc(C(C)(C)C)cc2)c(C)c1)c1ccc(C(=O)NCC(N=N)N=N)s1. The summed E-state index contributed by atoms with van der Waals surface area (Å²) in [6.45, 7) is 13.3. The second-order valence-electron chi connectivity index (χ2n) is 9.93. The summed E-state index contributed by atoms with van der Waals surface area (Å²) in [6, 6.07) is 17.3. The molecule has 0 aliphatic carbocycles. The lowest BCUT2D eigenvalue weighted by atomic mass is 9.85. The fourth-order valence-corrected chi connectivity index (χ4v) is 6.59. The van der Waals surface area contributed by atoms with Gasteiger partial charge in [-0.05, 0) is 77.8 Å². The van der Waals surface area contributed by atoms with Crippen LogP contribution in [-0.4, -0.2) is 18.6 Å². The molecule has 1 heterocycles. The minimum absolute atomic E-state index is 0.0505. The quantitative estimate of drug-likeness (QED) is 0.183. The van der Waals surface area contributed by atoms with E-state index in [4.69, 9.17) is 11.1 Å². The van der Waals surface area contributed by atoms with Crippen molar-refractivity contribution >= 4 is 29.0 Å². The molecular weight excluding hydrogens is 486 g/mol. The molecule has 1 atom stereocenters. The lowest BCUT2D eigenvalue weighted by molar-refractivity contribution is 0.0955.